The van der Waals surface area contributed by atoms with Crippen molar-refractivity contribution in [1.29, 1.82) is 0 Å². The summed E-state index contributed by atoms with van der Waals surface area (Å²) in [5.74, 6) is 0.238. The summed E-state index contributed by atoms with van der Waals surface area (Å²) in [6.07, 6.45) is 1.75. The topological polar surface area (TPSA) is 53.9 Å². The third-order valence-corrected chi connectivity index (χ3v) is 6.04. The Morgan fingerprint density at radius 2 is 2.00 bits per heavy atom. The molecule has 2 aromatic rings. The molecule has 4 rings (SSSR count). The van der Waals surface area contributed by atoms with Crippen molar-refractivity contribution in [3.63, 3.8) is 0 Å². The average molecular weight is 383 g/mol. The molecule has 1 aliphatic carbocycles. The third kappa shape index (κ3) is 3.98. The summed E-state index contributed by atoms with van der Waals surface area (Å²) in [5, 5.41) is 4.31. The zero-order valence-corrected chi connectivity index (χ0v) is 15.0. The predicted molar refractivity (Wildman–Crippen MR) is 93.1 cm³/mol. The lowest BCUT2D eigenvalue weighted by molar-refractivity contribution is -0.141. The second-order valence-corrected chi connectivity index (χ2v) is 7.98. The van der Waals surface area contributed by atoms with E-state index in [0.29, 0.717) is 0 Å². The molecule has 0 saturated carbocycles. The van der Waals surface area contributed by atoms with Crippen molar-refractivity contribution in [2.75, 3.05) is 18.4 Å². The van der Waals surface area contributed by atoms with Crippen molar-refractivity contribution in [2.45, 2.75) is 50.9 Å². The minimum atomic E-state index is -4.45. The van der Waals surface area contributed by atoms with Crippen LogP contribution >= 0.6 is 11.3 Å². The van der Waals surface area contributed by atoms with Gasteiger partial charge in [-0.05, 0) is 32.1 Å². The molecule has 9 heteroatoms. The Hall–Kier alpha value is -1.74. The van der Waals surface area contributed by atoms with Crippen LogP contribution < -0.4 is 5.32 Å². The first-order chi connectivity index (χ1) is 12.5. The average Bonchev–Trinajstić information content (AvgIpc) is 3.18. The highest BCUT2D eigenvalue weighted by molar-refractivity contribution is 7.11. The standard InChI is InChI=1S/C17H20F3N5S/c18-17(19,20)14-8-15(22-10-21-14)23-11-4-6-25(7-5-11)9-16-24-12-2-1-3-13(12)26-16/h8,10-11H,1-7,9H2,(H,21,22,23). The number of hydrogen-bond acceptors (Lipinski definition) is 6. The van der Waals surface area contributed by atoms with Gasteiger partial charge in [-0.2, -0.15) is 13.2 Å². The van der Waals surface area contributed by atoms with Gasteiger partial charge in [0.15, 0.2) is 0 Å². The maximum Gasteiger partial charge on any atom is 0.433 e. The molecule has 140 valence electrons. The van der Waals surface area contributed by atoms with E-state index in [-0.39, 0.29) is 11.9 Å². The first kappa shape index (κ1) is 17.7. The molecular weight excluding hydrogens is 363 g/mol. The van der Waals surface area contributed by atoms with E-state index < -0.39 is 11.9 Å². The van der Waals surface area contributed by atoms with Crippen LogP contribution in [0.3, 0.4) is 0 Å². The van der Waals surface area contributed by atoms with Crippen LogP contribution in [0, 0.1) is 0 Å². The first-order valence-electron chi connectivity index (χ1n) is 8.83. The summed E-state index contributed by atoms with van der Waals surface area (Å²) in [4.78, 5) is 15.8. The summed E-state index contributed by atoms with van der Waals surface area (Å²) in [7, 11) is 0. The SMILES string of the molecule is FC(F)(F)c1cc(NC2CCN(Cc3nc4c(s3)CCC4)CC2)ncn1. The molecule has 1 aliphatic heterocycles. The van der Waals surface area contributed by atoms with Crippen LogP contribution in [0.25, 0.3) is 0 Å². The van der Waals surface area contributed by atoms with Crippen LogP contribution in [0.5, 0.6) is 0 Å². The molecule has 2 aromatic heterocycles. The number of nitrogens with one attached hydrogen (secondary N) is 1. The Morgan fingerprint density at radius 1 is 1.19 bits per heavy atom. The van der Waals surface area contributed by atoms with E-state index in [0.717, 1.165) is 57.7 Å². The van der Waals surface area contributed by atoms with Crippen LogP contribution in [0.15, 0.2) is 12.4 Å². The summed E-state index contributed by atoms with van der Waals surface area (Å²) in [5.41, 5.74) is 0.370. The van der Waals surface area contributed by atoms with Gasteiger partial charge in [0.25, 0.3) is 0 Å². The highest BCUT2D eigenvalue weighted by Crippen LogP contribution is 2.30. The molecule has 0 amide bonds. The minimum Gasteiger partial charge on any atom is -0.367 e. The summed E-state index contributed by atoms with van der Waals surface area (Å²) < 4.78 is 38.2. The fourth-order valence-electron chi connectivity index (χ4n) is 3.54. The van der Waals surface area contributed by atoms with E-state index in [4.69, 9.17) is 4.98 Å². The second kappa shape index (κ2) is 7.11. The molecule has 3 heterocycles. The number of aromatic nitrogens is 3. The Labute approximate surface area is 153 Å². The molecule has 0 radical (unpaired) electrons. The zero-order chi connectivity index (χ0) is 18.1. The molecule has 0 spiro atoms. The maximum atomic E-state index is 12.7. The number of likely N-dealkylation sites (tertiary alicyclic amines) is 1. The molecule has 5 nitrogen and oxygen atoms in total. The molecule has 0 aromatic carbocycles. The number of anilines is 1. The number of nitrogens with zero attached hydrogens (tertiary/aromatic N) is 4. The van der Waals surface area contributed by atoms with Gasteiger partial charge in [0, 0.05) is 30.1 Å². The number of hydrogen-bond donors (Lipinski definition) is 1. The lowest BCUT2D eigenvalue weighted by Crippen LogP contribution is -2.38. The summed E-state index contributed by atoms with van der Waals surface area (Å²) >= 11 is 1.83. The van der Waals surface area contributed by atoms with Gasteiger partial charge in [-0.25, -0.2) is 15.0 Å². The molecule has 2 aliphatic rings. The van der Waals surface area contributed by atoms with Gasteiger partial charge in [0.2, 0.25) is 0 Å². The molecule has 0 unspecified atom stereocenters. The lowest BCUT2D eigenvalue weighted by atomic mass is 10.1. The van der Waals surface area contributed by atoms with Gasteiger partial charge >= 0.3 is 6.18 Å². The fourth-order valence-corrected chi connectivity index (χ4v) is 4.74. The number of halogens is 3. The van der Waals surface area contributed by atoms with Crippen molar-refractivity contribution in [3.8, 4) is 0 Å². The van der Waals surface area contributed by atoms with Crippen molar-refractivity contribution in [2.24, 2.45) is 0 Å². The van der Waals surface area contributed by atoms with Gasteiger partial charge in [0.1, 0.15) is 22.8 Å². The van der Waals surface area contributed by atoms with Crippen LogP contribution in [0.4, 0.5) is 19.0 Å². The summed E-state index contributed by atoms with van der Waals surface area (Å²) in [6.45, 7) is 2.67. The van der Waals surface area contributed by atoms with Gasteiger partial charge in [-0.1, -0.05) is 0 Å². The van der Waals surface area contributed by atoms with Crippen molar-refractivity contribution in [3.05, 3.63) is 33.7 Å². The number of rotatable bonds is 4. The fraction of sp³-hybridized carbons (Fsp3) is 0.588. The smallest absolute Gasteiger partial charge is 0.367 e. The van der Waals surface area contributed by atoms with Crippen LogP contribution in [0.1, 0.15) is 40.5 Å². The molecule has 1 saturated heterocycles. The Morgan fingerprint density at radius 3 is 2.73 bits per heavy atom. The van der Waals surface area contributed by atoms with E-state index in [9.17, 15) is 13.2 Å². The number of alkyl halides is 3. The normalized spacial score (nSPS) is 18.9. The van der Waals surface area contributed by atoms with Crippen molar-refractivity contribution in [1.82, 2.24) is 19.9 Å². The number of thiazole rings is 1. The van der Waals surface area contributed by atoms with Gasteiger partial charge in [-0.3, -0.25) is 4.90 Å². The van der Waals surface area contributed by atoms with Crippen LogP contribution in [0.2, 0.25) is 0 Å². The molecule has 0 bridgehead atoms. The van der Waals surface area contributed by atoms with E-state index in [1.54, 1.807) is 0 Å². The molecule has 1 N–H and O–H groups in total. The quantitative estimate of drug-likeness (QED) is 0.876. The highest BCUT2D eigenvalue weighted by atomic mass is 32.1. The Balaban J connectivity index is 1.29. The third-order valence-electron chi connectivity index (χ3n) is 4.90. The number of fused-ring (bicyclic) bond motifs is 1. The van der Waals surface area contributed by atoms with E-state index in [2.05, 4.69) is 20.2 Å². The van der Waals surface area contributed by atoms with Crippen molar-refractivity contribution < 1.29 is 13.2 Å². The first-order valence-corrected chi connectivity index (χ1v) is 9.64. The van der Waals surface area contributed by atoms with E-state index >= 15 is 0 Å². The molecule has 26 heavy (non-hydrogen) atoms. The largest absolute Gasteiger partial charge is 0.433 e. The highest BCUT2D eigenvalue weighted by Gasteiger charge is 2.33. The molecule has 1 fully saturated rings. The van der Waals surface area contributed by atoms with Crippen molar-refractivity contribution >= 4 is 17.2 Å². The monoisotopic (exact) mass is 383 g/mol. The Kier molecular flexibility index (Phi) is 4.83. The van der Waals surface area contributed by atoms with E-state index in [1.165, 1.54) is 22.0 Å². The van der Waals surface area contributed by atoms with E-state index in [1.807, 2.05) is 11.3 Å². The predicted octanol–water partition coefficient (Wildman–Crippen LogP) is 3.52. The van der Waals surface area contributed by atoms with Gasteiger partial charge in [-0.15, -0.1) is 11.3 Å². The van der Waals surface area contributed by atoms with Crippen LogP contribution in [-0.2, 0) is 25.6 Å². The number of aryl methyl sites for hydroxylation is 2. The van der Waals surface area contributed by atoms with Gasteiger partial charge in [0.05, 0.1) is 12.2 Å². The maximum absolute atomic E-state index is 12.7. The number of piperidine rings is 1. The van der Waals surface area contributed by atoms with Crippen LogP contribution in [-0.4, -0.2) is 39.0 Å². The second-order valence-electron chi connectivity index (χ2n) is 6.81. The minimum absolute atomic E-state index is 0.128. The van der Waals surface area contributed by atoms with Gasteiger partial charge < -0.3 is 5.32 Å². The molecule has 0 atom stereocenters. The zero-order valence-electron chi connectivity index (χ0n) is 14.2. The molecular formula is C17H20F3N5S. The lowest BCUT2D eigenvalue weighted by Gasteiger charge is -2.32. The Bertz CT molecular complexity index is 746. The summed E-state index contributed by atoms with van der Waals surface area (Å²) in [6, 6.07) is 1.10.